The van der Waals surface area contributed by atoms with Crippen molar-refractivity contribution in [1.82, 2.24) is 14.8 Å². The second kappa shape index (κ2) is 11.8. The Morgan fingerprint density at radius 3 is 2.50 bits per heavy atom. The summed E-state index contributed by atoms with van der Waals surface area (Å²) < 4.78 is 8.85. The first-order chi connectivity index (χ1) is 16.5. The number of amides is 1. The van der Waals surface area contributed by atoms with E-state index in [-0.39, 0.29) is 18.3 Å². The summed E-state index contributed by atoms with van der Waals surface area (Å²) in [6.45, 7) is 0.800. The highest BCUT2D eigenvalue weighted by Gasteiger charge is 2.16. The van der Waals surface area contributed by atoms with Crippen molar-refractivity contribution in [2.45, 2.75) is 18.3 Å². The number of carbonyl (C=O) groups excluding carboxylic acids is 1. The maximum absolute atomic E-state index is 12.5. The van der Waals surface area contributed by atoms with Gasteiger partial charge in [-0.1, -0.05) is 81.2 Å². The Bertz CT molecular complexity index is 1270. The minimum atomic E-state index is -0.191. The number of carbonyl (C=O) groups is 1. The van der Waals surface area contributed by atoms with Crippen molar-refractivity contribution in [2.75, 3.05) is 11.1 Å². The molecule has 0 saturated heterocycles. The van der Waals surface area contributed by atoms with Gasteiger partial charge in [0.25, 0.3) is 0 Å². The second-order valence-corrected chi connectivity index (χ2v) is 9.85. The van der Waals surface area contributed by atoms with Gasteiger partial charge >= 0.3 is 0 Å². The fourth-order valence-corrected chi connectivity index (χ4v) is 4.35. The van der Waals surface area contributed by atoms with Crippen molar-refractivity contribution in [3.05, 3.63) is 98.7 Å². The molecular formula is C24H19BrCl2N4O2S. The molecule has 6 nitrogen and oxygen atoms in total. The van der Waals surface area contributed by atoms with Crippen LogP contribution >= 0.6 is 50.9 Å². The zero-order chi connectivity index (χ0) is 23.9. The number of hydrogen-bond acceptors (Lipinski definition) is 5. The number of para-hydroxylation sites is 1. The highest BCUT2D eigenvalue weighted by molar-refractivity contribution is 9.10. The predicted molar refractivity (Wildman–Crippen MR) is 140 cm³/mol. The molecule has 0 radical (unpaired) electrons. The molecule has 0 saturated carbocycles. The monoisotopic (exact) mass is 576 g/mol. The lowest BCUT2D eigenvalue weighted by molar-refractivity contribution is -0.113. The average molecular weight is 578 g/mol. The summed E-state index contributed by atoms with van der Waals surface area (Å²) in [7, 11) is 0. The molecule has 1 amide bonds. The number of benzene rings is 3. The van der Waals surface area contributed by atoms with Gasteiger partial charge in [-0.25, -0.2) is 0 Å². The van der Waals surface area contributed by atoms with E-state index >= 15 is 0 Å². The fourth-order valence-electron chi connectivity index (χ4n) is 3.03. The molecule has 0 aliphatic heterocycles. The smallest absolute Gasteiger partial charge is 0.234 e. The molecule has 0 aliphatic carbocycles. The molecule has 0 atom stereocenters. The lowest BCUT2D eigenvalue weighted by atomic mass is 10.2. The Morgan fingerprint density at radius 1 is 1.00 bits per heavy atom. The average Bonchev–Trinajstić information content (AvgIpc) is 3.22. The van der Waals surface area contributed by atoms with Gasteiger partial charge in [0.2, 0.25) is 5.91 Å². The molecule has 0 bridgehead atoms. The van der Waals surface area contributed by atoms with Crippen LogP contribution in [0.2, 0.25) is 10.0 Å². The topological polar surface area (TPSA) is 69.0 Å². The molecule has 0 unspecified atom stereocenters. The van der Waals surface area contributed by atoms with Crippen molar-refractivity contribution in [2.24, 2.45) is 0 Å². The van der Waals surface area contributed by atoms with Crippen LogP contribution in [-0.2, 0) is 17.9 Å². The summed E-state index contributed by atoms with van der Waals surface area (Å²) in [6.07, 6.45) is 0. The lowest BCUT2D eigenvalue weighted by Crippen LogP contribution is -2.15. The van der Waals surface area contributed by atoms with Gasteiger partial charge in [-0.15, -0.1) is 10.2 Å². The minimum Gasteiger partial charge on any atom is -0.486 e. The van der Waals surface area contributed by atoms with Gasteiger partial charge in [-0.3, -0.25) is 9.36 Å². The van der Waals surface area contributed by atoms with Gasteiger partial charge in [0, 0.05) is 10.2 Å². The maximum Gasteiger partial charge on any atom is 0.234 e. The van der Waals surface area contributed by atoms with Crippen LogP contribution < -0.4 is 10.1 Å². The number of anilines is 1. The molecule has 10 heteroatoms. The molecule has 1 N–H and O–H groups in total. The van der Waals surface area contributed by atoms with E-state index in [1.165, 1.54) is 11.8 Å². The lowest BCUT2D eigenvalue weighted by Gasteiger charge is -2.12. The van der Waals surface area contributed by atoms with Crippen molar-refractivity contribution in [3.63, 3.8) is 0 Å². The number of rotatable bonds is 9. The molecule has 34 heavy (non-hydrogen) atoms. The van der Waals surface area contributed by atoms with Gasteiger partial charge in [-0.05, 0) is 48.0 Å². The number of nitrogens with one attached hydrogen (secondary N) is 1. The van der Waals surface area contributed by atoms with Crippen LogP contribution in [0.25, 0.3) is 0 Å². The molecule has 0 spiro atoms. The number of aromatic nitrogens is 3. The van der Waals surface area contributed by atoms with Crippen molar-refractivity contribution < 1.29 is 9.53 Å². The van der Waals surface area contributed by atoms with E-state index in [2.05, 4.69) is 31.4 Å². The molecule has 4 aromatic rings. The number of hydrogen-bond donors (Lipinski definition) is 1. The van der Waals surface area contributed by atoms with E-state index in [1.54, 1.807) is 18.2 Å². The third-order valence-electron chi connectivity index (χ3n) is 4.69. The highest BCUT2D eigenvalue weighted by atomic mass is 79.9. The third kappa shape index (κ3) is 6.76. The maximum atomic E-state index is 12.5. The van der Waals surface area contributed by atoms with Gasteiger partial charge in [-0.2, -0.15) is 0 Å². The summed E-state index contributed by atoms with van der Waals surface area (Å²) in [4.78, 5) is 12.5. The Hall–Kier alpha value is -2.52. The normalized spacial score (nSPS) is 10.8. The summed E-state index contributed by atoms with van der Waals surface area (Å²) in [6, 6.07) is 22.5. The van der Waals surface area contributed by atoms with Crippen LogP contribution in [0.3, 0.4) is 0 Å². The Balaban J connectivity index is 1.47. The summed E-state index contributed by atoms with van der Waals surface area (Å²) in [5.41, 5.74) is 1.65. The van der Waals surface area contributed by atoms with E-state index in [0.717, 1.165) is 15.8 Å². The molecule has 3 aromatic carbocycles. The van der Waals surface area contributed by atoms with Crippen molar-refractivity contribution >= 4 is 62.5 Å². The van der Waals surface area contributed by atoms with E-state index in [9.17, 15) is 4.79 Å². The second-order valence-electron chi connectivity index (χ2n) is 7.18. The Morgan fingerprint density at radius 2 is 1.76 bits per heavy atom. The van der Waals surface area contributed by atoms with Crippen molar-refractivity contribution in [3.8, 4) is 5.75 Å². The number of nitrogens with zero attached hydrogens (tertiary/aromatic N) is 3. The van der Waals surface area contributed by atoms with Crippen LogP contribution in [0.1, 0.15) is 11.4 Å². The molecule has 4 rings (SSSR count). The summed E-state index contributed by atoms with van der Waals surface area (Å²) >= 11 is 16.7. The van der Waals surface area contributed by atoms with Crippen LogP contribution in [0, 0.1) is 0 Å². The first-order valence-electron chi connectivity index (χ1n) is 10.2. The fraction of sp³-hybridized carbons (Fsp3) is 0.125. The van der Waals surface area contributed by atoms with Crippen molar-refractivity contribution in [1.29, 1.82) is 0 Å². The van der Waals surface area contributed by atoms with Gasteiger partial charge in [0.15, 0.2) is 11.0 Å². The zero-order valence-electron chi connectivity index (χ0n) is 17.7. The first-order valence-corrected chi connectivity index (χ1v) is 12.7. The number of thioether (sulfide) groups is 1. The van der Waals surface area contributed by atoms with E-state index in [0.29, 0.717) is 33.3 Å². The number of ether oxygens (including phenoxy) is 1. The van der Waals surface area contributed by atoms with Crippen LogP contribution in [0.4, 0.5) is 5.69 Å². The molecule has 0 aliphatic rings. The largest absolute Gasteiger partial charge is 0.486 e. The third-order valence-corrected chi connectivity index (χ3v) is 6.93. The van der Waals surface area contributed by atoms with E-state index in [1.807, 2.05) is 59.2 Å². The standard InChI is InChI=1S/C24H19BrCl2N4O2S/c25-17-8-6-16(7-9-17)13-31-22(14-33-19-4-2-1-3-5-19)29-30-24(31)34-15-23(32)28-18-10-11-20(26)21(27)12-18/h1-12H,13-15H2,(H,28,32). The van der Waals surface area contributed by atoms with Crippen LogP contribution in [0.15, 0.2) is 82.4 Å². The molecule has 0 fully saturated rings. The Labute approximate surface area is 219 Å². The SMILES string of the molecule is O=C(CSc1nnc(COc2ccccc2)n1Cc1ccc(Br)cc1)Nc1ccc(Cl)c(Cl)c1. The molecular weight excluding hydrogens is 559 g/mol. The number of halogens is 3. The highest BCUT2D eigenvalue weighted by Crippen LogP contribution is 2.26. The van der Waals surface area contributed by atoms with E-state index in [4.69, 9.17) is 27.9 Å². The van der Waals surface area contributed by atoms with Crippen LogP contribution in [0.5, 0.6) is 5.75 Å². The molecule has 174 valence electrons. The summed E-state index contributed by atoms with van der Waals surface area (Å²) in [5, 5.41) is 12.9. The predicted octanol–water partition coefficient (Wildman–Crippen LogP) is 6.71. The zero-order valence-corrected chi connectivity index (χ0v) is 21.7. The van der Waals surface area contributed by atoms with Gasteiger partial charge < -0.3 is 10.1 Å². The molecule has 1 heterocycles. The first kappa shape index (κ1) is 24.6. The molecule has 1 aromatic heterocycles. The van der Waals surface area contributed by atoms with E-state index < -0.39 is 0 Å². The Kier molecular flexibility index (Phi) is 8.50. The quantitative estimate of drug-likeness (QED) is 0.224. The van der Waals surface area contributed by atoms with Gasteiger partial charge in [0.1, 0.15) is 12.4 Å². The minimum absolute atomic E-state index is 0.151. The van der Waals surface area contributed by atoms with Gasteiger partial charge in [0.05, 0.1) is 22.3 Å². The van der Waals surface area contributed by atoms with Crippen LogP contribution in [-0.4, -0.2) is 26.4 Å². The summed E-state index contributed by atoms with van der Waals surface area (Å²) in [5.74, 6) is 1.37.